The minimum Gasteiger partial charge on any atom is -0.496 e. The Labute approximate surface area is 238 Å². The number of carbonyl (C=O) groups is 1. The molecule has 0 radical (unpaired) electrons. The molecule has 0 spiro atoms. The lowest BCUT2D eigenvalue weighted by Crippen LogP contribution is -2.51. The Bertz CT molecular complexity index is 1370. The zero-order valence-electron chi connectivity index (χ0n) is 23.1. The van der Waals surface area contributed by atoms with Crippen molar-refractivity contribution in [2.24, 2.45) is 0 Å². The maximum atomic E-state index is 13.3. The summed E-state index contributed by atoms with van der Waals surface area (Å²) in [4.78, 5) is 13.1. The molecule has 40 heavy (non-hydrogen) atoms. The molecule has 3 aromatic rings. The van der Waals surface area contributed by atoms with Crippen LogP contribution in [0.1, 0.15) is 65.9 Å². The lowest BCUT2D eigenvalue weighted by molar-refractivity contribution is 0.0932. The second-order valence-electron chi connectivity index (χ2n) is 11.0. The molecule has 0 aromatic heterocycles. The number of benzene rings is 3. The van der Waals surface area contributed by atoms with Gasteiger partial charge < -0.3 is 10.1 Å². The SMILES string of the molecule is COc1ccccc1C(=O)NC[C@]1(c2ccccc2)CC[C@H](NS(=O)(=O)N2CCC(c3ccccc3)CC2)CC1. The number of hydrogen-bond donors (Lipinski definition) is 2. The minimum atomic E-state index is -3.56. The first-order valence-corrected chi connectivity index (χ1v) is 15.6. The third kappa shape index (κ3) is 6.40. The van der Waals surface area contributed by atoms with Crippen LogP contribution in [0.25, 0.3) is 0 Å². The Morgan fingerprint density at radius 1 is 0.875 bits per heavy atom. The van der Waals surface area contributed by atoms with Gasteiger partial charge in [0, 0.05) is 31.1 Å². The number of hydrogen-bond acceptors (Lipinski definition) is 4. The molecule has 3 aromatic carbocycles. The highest BCUT2D eigenvalue weighted by Crippen LogP contribution is 2.40. The molecular weight excluding hydrogens is 522 g/mol. The lowest BCUT2D eigenvalue weighted by Gasteiger charge is -2.41. The summed E-state index contributed by atoms with van der Waals surface area (Å²) in [5.74, 6) is 0.772. The monoisotopic (exact) mass is 561 g/mol. The third-order valence-corrected chi connectivity index (χ3v) is 10.3. The molecule has 2 fully saturated rings. The molecule has 1 saturated carbocycles. The molecular formula is C32H39N3O4S. The summed E-state index contributed by atoms with van der Waals surface area (Å²) in [6.07, 6.45) is 4.62. The molecule has 1 saturated heterocycles. The number of ether oxygens (including phenoxy) is 1. The molecule has 0 bridgehead atoms. The largest absolute Gasteiger partial charge is 0.496 e. The van der Waals surface area contributed by atoms with Crippen LogP contribution in [0.2, 0.25) is 0 Å². The van der Waals surface area contributed by atoms with E-state index in [4.69, 9.17) is 4.74 Å². The standard InChI is InChI=1S/C32H39N3O4S/c1-39-30-15-9-8-14-29(30)31(36)33-24-32(27-12-6-3-7-13-27)20-16-28(17-21-32)34-40(37,38)35-22-18-26(19-23-35)25-10-4-2-5-11-25/h2-15,26,28,34H,16-24H2,1H3,(H,33,36)/t28-,32-. The van der Waals surface area contributed by atoms with E-state index in [2.05, 4.69) is 34.3 Å². The lowest BCUT2D eigenvalue weighted by atomic mass is 9.68. The number of carbonyl (C=O) groups excluding carboxylic acids is 1. The van der Waals surface area contributed by atoms with Gasteiger partial charge in [0.2, 0.25) is 0 Å². The summed E-state index contributed by atoms with van der Waals surface area (Å²) in [6.45, 7) is 1.54. The molecule has 0 unspecified atom stereocenters. The number of nitrogens with zero attached hydrogens (tertiary/aromatic N) is 1. The van der Waals surface area contributed by atoms with E-state index in [0.29, 0.717) is 49.7 Å². The van der Waals surface area contributed by atoms with Crippen molar-refractivity contribution in [2.75, 3.05) is 26.7 Å². The van der Waals surface area contributed by atoms with Crippen LogP contribution in [0.4, 0.5) is 0 Å². The Balaban J connectivity index is 1.21. The molecule has 7 nitrogen and oxygen atoms in total. The van der Waals surface area contributed by atoms with Crippen molar-refractivity contribution in [3.8, 4) is 5.75 Å². The number of para-hydroxylation sites is 1. The highest BCUT2D eigenvalue weighted by Gasteiger charge is 2.39. The molecule has 212 valence electrons. The molecule has 1 aliphatic heterocycles. The van der Waals surface area contributed by atoms with Gasteiger partial charge >= 0.3 is 0 Å². The van der Waals surface area contributed by atoms with Crippen LogP contribution in [-0.4, -0.2) is 51.4 Å². The number of nitrogens with one attached hydrogen (secondary N) is 2. The zero-order valence-corrected chi connectivity index (χ0v) is 23.9. The molecule has 1 amide bonds. The van der Waals surface area contributed by atoms with Gasteiger partial charge in [-0.25, -0.2) is 0 Å². The number of methoxy groups -OCH3 is 1. The molecule has 2 N–H and O–H groups in total. The van der Waals surface area contributed by atoms with Crippen molar-refractivity contribution >= 4 is 16.1 Å². The van der Waals surface area contributed by atoms with Crippen molar-refractivity contribution in [3.05, 3.63) is 102 Å². The summed E-state index contributed by atoms with van der Waals surface area (Å²) < 4.78 is 36.6. The second-order valence-corrected chi connectivity index (χ2v) is 12.7. The average Bonchev–Trinajstić information content (AvgIpc) is 3.01. The van der Waals surface area contributed by atoms with Crippen LogP contribution in [0, 0.1) is 0 Å². The van der Waals surface area contributed by atoms with E-state index >= 15 is 0 Å². The van der Waals surface area contributed by atoms with Crippen molar-refractivity contribution in [2.45, 2.75) is 55.9 Å². The van der Waals surface area contributed by atoms with Gasteiger partial charge in [0.1, 0.15) is 5.75 Å². The van der Waals surface area contributed by atoms with Gasteiger partial charge in [0.05, 0.1) is 12.7 Å². The van der Waals surface area contributed by atoms with E-state index in [1.807, 2.05) is 48.5 Å². The number of amides is 1. The van der Waals surface area contributed by atoms with Crippen molar-refractivity contribution < 1.29 is 17.9 Å². The molecule has 5 rings (SSSR count). The minimum absolute atomic E-state index is 0.126. The molecule has 1 aliphatic carbocycles. The third-order valence-electron chi connectivity index (χ3n) is 8.65. The number of rotatable bonds is 9. The maximum absolute atomic E-state index is 13.3. The summed E-state index contributed by atoms with van der Waals surface area (Å²) in [5.41, 5.74) is 2.69. The Kier molecular flexibility index (Phi) is 8.88. The predicted molar refractivity (Wildman–Crippen MR) is 158 cm³/mol. The van der Waals surface area contributed by atoms with E-state index < -0.39 is 10.2 Å². The van der Waals surface area contributed by atoms with E-state index in [1.54, 1.807) is 23.5 Å². The van der Waals surface area contributed by atoms with Crippen LogP contribution >= 0.6 is 0 Å². The van der Waals surface area contributed by atoms with Crippen molar-refractivity contribution in [1.82, 2.24) is 14.3 Å². The van der Waals surface area contributed by atoms with Gasteiger partial charge in [-0.3, -0.25) is 4.79 Å². The fraction of sp³-hybridized carbons (Fsp3) is 0.406. The van der Waals surface area contributed by atoms with E-state index in [9.17, 15) is 13.2 Å². The van der Waals surface area contributed by atoms with Gasteiger partial charge in [-0.2, -0.15) is 17.4 Å². The van der Waals surface area contributed by atoms with E-state index in [0.717, 1.165) is 25.7 Å². The Morgan fingerprint density at radius 3 is 2.12 bits per heavy atom. The molecule has 1 heterocycles. The first-order valence-electron chi connectivity index (χ1n) is 14.2. The van der Waals surface area contributed by atoms with Crippen molar-refractivity contribution in [1.29, 1.82) is 0 Å². The Morgan fingerprint density at radius 2 is 1.48 bits per heavy atom. The quantitative estimate of drug-likeness (QED) is 0.384. The molecule has 0 atom stereocenters. The summed E-state index contributed by atoms with van der Waals surface area (Å²) in [5, 5.41) is 3.15. The van der Waals surface area contributed by atoms with Crippen LogP contribution < -0.4 is 14.8 Å². The molecule has 8 heteroatoms. The van der Waals surface area contributed by atoms with Crippen LogP contribution in [0.3, 0.4) is 0 Å². The summed E-state index contributed by atoms with van der Waals surface area (Å²) in [7, 11) is -2.00. The fourth-order valence-electron chi connectivity index (χ4n) is 6.26. The number of piperidine rings is 1. The zero-order chi connectivity index (χ0) is 28.0. The molecule has 2 aliphatic rings. The average molecular weight is 562 g/mol. The topological polar surface area (TPSA) is 87.7 Å². The highest BCUT2D eigenvalue weighted by atomic mass is 32.2. The summed E-state index contributed by atoms with van der Waals surface area (Å²) in [6, 6.07) is 27.7. The fourth-order valence-corrected chi connectivity index (χ4v) is 7.76. The first-order chi connectivity index (χ1) is 19.4. The van der Waals surface area contributed by atoms with E-state index in [-0.39, 0.29) is 17.4 Å². The van der Waals surface area contributed by atoms with Gasteiger partial charge in [-0.15, -0.1) is 0 Å². The van der Waals surface area contributed by atoms with Crippen LogP contribution in [0.15, 0.2) is 84.9 Å². The van der Waals surface area contributed by atoms with Gasteiger partial charge in [-0.1, -0.05) is 72.8 Å². The smallest absolute Gasteiger partial charge is 0.279 e. The van der Waals surface area contributed by atoms with Gasteiger partial charge in [0.25, 0.3) is 16.1 Å². The van der Waals surface area contributed by atoms with E-state index in [1.165, 1.54) is 11.1 Å². The van der Waals surface area contributed by atoms with Crippen LogP contribution in [-0.2, 0) is 15.6 Å². The predicted octanol–water partition coefficient (Wildman–Crippen LogP) is 5.02. The first kappa shape index (κ1) is 28.3. The Hall–Kier alpha value is -3.20. The van der Waals surface area contributed by atoms with Gasteiger partial charge in [-0.05, 0) is 67.7 Å². The van der Waals surface area contributed by atoms with Gasteiger partial charge in [0.15, 0.2) is 0 Å². The van der Waals surface area contributed by atoms with Crippen molar-refractivity contribution in [3.63, 3.8) is 0 Å². The second kappa shape index (κ2) is 12.5. The highest BCUT2D eigenvalue weighted by molar-refractivity contribution is 7.87. The maximum Gasteiger partial charge on any atom is 0.279 e. The van der Waals surface area contributed by atoms with Crippen LogP contribution in [0.5, 0.6) is 5.75 Å². The normalized spacial score (nSPS) is 22.5. The summed E-state index contributed by atoms with van der Waals surface area (Å²) >= 11 is 0.